The molecule has 7 heteroatoms. The molecule has 7 nitrogen and oxygen atoms in total. The Morgan fingerprint density at radius 1 is 0.756 bits per heavy atom. The highest BCUT2D eigenvalue weighted by Gasteiger charge is 2.27. The Morgan fingerprint density at radius 2 is 1.37 bits per heavy atom. The van der Waals surface area contributed by atoms with Crippen LogP contribution in [0.4, 0.5) is 0 Å². The van der Waals surface area contributed by atoms with Gasteiger partial charge in [-0.3, -0.25) is 14.4 Å². The van der Waals surface area contributed by atoms with Crippen LogP contribution in [0.2, 0.25) is 0 Å². The lowest BCUT2D eigenvalue weighted by Gasteiger charge is -2.24. The molecule has 0 saturated carbocycles. The Bertz CT molecular complexity index is 1200. The highest BCUT2D eigenvalue weighted by atomic mass is 16.5. The maximum absolute atomic E-state index is 13.5. The average molecular weight is 558 g/mol. The third-order valence-electron chi connectivity index (χ3n) is 6.86. The largest absolute Gasteiger partial charge is 0.486 e. The second kappa shape index (κ2) is 17.0. The molecule has 0 aromatic heterocycles. The van der Waals surface area contributed by atoms with E-state index in [-0.39, 0.29) is 42.6 Å². The predicted octanol–water partition coefficient (Wildman–Crippen LogP) is 4.68. The van der Waals surface area contributed by atoms with Crippen molar-refractivity contribution in [1.82, 2.24) is 16.0 Å². The summed E-state index contributed by atoms with van der Waals surface area (Å²) >= 11 is 0. The number of ether oxygens (including phenoxy) is 1. The maximum Gasteiger partial charge on any atom is 0.243 e. The van der Waals surface area contributed by atoms with Crippen molar-refractivity contribution in [3.8, 4) is 5.75 Å². The minimum Gasteiger partial charge on any atom is -0.486 e. The molecule has 218 valence electrons. The zero-order valence-corrected chi connectivity index (χ0v) is 24.3. The van der Waals surface area contributed by atoms with Crippen molar-refractivity contribution in [3.63, 3.8) is 0 Å². The summed E-state index contributed by atoms with van der Waals surface area (Å²) in [6.07, 6.45) is 1.49. The molecule has 0 unspecified atom stereocenters. The number of rotatable bonds is 17. The molecule has 0 saturated heterocycles. The predicted molar refractivity (Wildman–Crippen MR) is 163 cm³/mol. The number of amides is 2. The van der Waals surface area contributed by atoms with Gasteiger partial charge in [-0.05, 0) is 54.4 Å². The van der Waals surface area contributed by atoms with E-state index in [0.717, 1.165) is 5.56 Å². The molecule has 0 aliphatic carbocycles. The average Bonchev–Trinajstić information content (AvgIpc) is 2.98. The fourth-order valence-corrected chi connectivity index (χ4v) is 4.56. The molecule has 0 aliphatic heterocycles. The summed E-state index contributed by atoms with van der Waals surface area (Å²) in [5, 5.41) is 9.02. The Morgan fingerprint density at radius 3 is 2.00 bits per heavy atom. The van der Waals surface area contributed by atoms with E-state index in [4.69, 9.17) is 4.74 Å². The third-order valence-corrected chi connectivity index (χ3v) is 6.86. The van der Waals surface area contributed by atoms with Gasteiger partial charge < -0.3 is 20.7 Å². The van der Waals surface area contributed by atoms with Crippen LogP contribution in [0.25, 0.3) is 0 Å². The van der Waals surface area contributed by atoms with Gasteiger partial charge in [-0.2, -0.15) is 0 Å². The normalized spacial score (nSPS) is 13.2. The molecule has 3 N–H and O–H groups in total. The van der Waals surface area contributed by atoms with E-state index in [2.05, 4.69) is 35.0 Å². The van der Waals surface area contributed by atoms with Crippen molar-refractivity contribution >= 4 is 17.6 Å². The molecule has 3 aromatic carbocycles. The SMILES string of the molecule is CC(C)C[C@@H](NC(=O)[C@@H](CCc1ccccc1)NC(=O)CNC[C@H](C)c1ccccc1)C(=O)COc1ccccc1. The summed E-state index contributed by atoms with van der Waals surface area (Å²) < 4.78 is 5.66. The topological polar surface area (TPSA) is 96.5 Å². The van der Waals surface area contributed by atoms with Crippen molar-refractivity contribution < 1.29 is 19.1 Å². The summed E-state index contributed by atoms with van der Waals surface area (Å²) in [6, 6.07) is 27.6. The van der Waals surface area contributed by atoms with E-state index in [0.29, 0.717) is 31.6 Å². The molecule has 3 atom stereocenters. The second-order valence-electron chi connectivity index (χ2n) is 10.8. The zero-order valence-electron chi connectivity index (χ0n) is 24.3. The standard InChI is InChI=1S/C34H43N3O4/c1-25(2)21-31(32(38)24-41-29-17-11-6-12-18-29)37-34(40)30(20-19-27-13-7-4-8-14-27)36-33(39)23-35-22-26(3)28-15-9-5-10-16-28/h4-18,25-26,30-31,35H,19-24H2,1-3H3,(H,36,39)(H,37,40)/t26-,30+,31+/m0/s1. The second-order valence-corrected chi connectivity index (χ2v) is 10.8. The van der Waals surface area contributed by atoms with Crippen LogP contribution in [-0.2, 0) is 20.8 Å². The molecular formula is C34H43N3O4. The molecular weight excluding hydrogens is 514 g/mol. The van der Waals surface area contributed by atoms with Crippen LogP contribution in [0.15, 0.2) is 91.0 Å². The molecule has 0 aliphatic rings. The molecule has 0 fully saturated rings. The first-order chi connectivity index (χ1) is 19.8. The first kappa shape index (κ1) is 31.6. The van der Waals surface area contributed by atoms with Crippen LogP contribution >= 0.6 is 0 Å². The lowest BCUT2D eigenvalue weighted by Crippen LogP contribution is -2.53. The fraction of sp³-hybridized carbons (Fsp3) is 0.382. The minimum absolute atomic E-state index is 0.0888. The van der Waals surface area contributed by atoms with Crippen LogP contribution in [-0.4, -0.2) is 49.4 Å². The Hall–Kier alpha value is -3.97. The Balaban J connectivity index is 1.61. The fourth-order valence-electron chi connectivity index (χ4n) is 4.56. The smallest absolute Gasteiger partial charge is 0.243 e. The number of benzene rings is 3. The van der Waals surface area contributed by atoms with Crippen LogP contribution in [0.5, 0.6) is 5.75 Å². The molecule has 0 heterocycles. The van der Waals surface area contributed by atoms with Crippen LogP contribution in [0, 0.1) is 5.92 Å². The lowest BCUT2D eigenvalue weighted by molar-refractivity contribution is -0.132. The number of carbonyl (C=O) groups is 3. The summed E-state index contributed by atoms with van der Waals surface area (Å²) in [7, 11) is 0. The molecule has 3 rings (SSSR count). The number of para-hydroxylation sites is 1. The highest BCUT2D eigenvalue weighted by Crippen LogP contribution is 2.14. The minimum atomic E-state index is -0.784. The van der Waals surface area contributed by atoms with E-state index < -0.39 is 12.1 Å². The van der Waals surface area contributed by atoms with Gasteiger partial charge in [0.2, 0.25) is 11.8 Å². The number of ketones is 1. The van der Waals surface area contributed by atoms with Gasteiger partial charge in [0.25, 0.3) is 0 Å². The van der Waals surface area contributed by atoms with Crippen molar-refractivity contribution in [3.05, 3.63) is 102 Å². The molecule has 0 radical (unpaired) electrons. The quantitative estimate of drug-likeness (QED) is 0.224. The van der Waals surface area contributed by atoms with Gasteiger partial charge in [-0.1, -0.05) is 99.6 Å². The van der Waals surface area contributed by atoms with Gasteiger partial charge in [0, 0.05) is 6.54 Å². The number of Topliss-reactive ketones (excluding diaryl/α,β-unsaturated/α-hetero) is 1. The first-order valence-electron chi connectivity index (χ1n) is 14.4. The van der Waals surface area contributed by atoms with Crippen molar-refractivity contribution in [2.45, 2.75) is 58.0 Å². The number of hydrogen-bond acceptors (Lipinski definition) is 5. The summed E-state index contributed by atoms with van der Waals surface area (Å²) in [6.45, 7) is 6.68. The number of carbonyl (C=O) groups excluding carboxylic acids is 3. The zero-order chi connectivity index (χ0) is 29.5. The number of nitrogens with one attached hydrogen (secondary N) is 3. The van der Waals surface area contributed by atoms with E-state index in [1.807, 2.05) is 80.6 Å². The summed E-state index contributed by atoms with van der Waals surface area (Å²) in [5.74, 6) is 0.164. The van der Waals surface area contributed by atoms with E-state index >= 15 is 0 Å². The van der Waals surface area contributed by atoms with Gasteiger partial charge in [-0.25, -0.2) is 0 Å². The van der Waals surface area contributed by atoms with E-state index in [9.17, 15) is 14.4 Å². The summed E-state index contributed by atoms with van der Waals surface area (Å²) in [5.41, 5.74) is 2.26. The van der Waals surface area contributed by atoms with Crippen molar-refractivity contribution in [1.29, 1.82) is 0 Å². The highest BCUT2D eigenvalue weighted by molar-refractivity contribution is 5.93. The maximum atomic E-state index is 13.5. The Labute approximate surface area is 244 Å². The van der Waals surface area contributed by atoms with Gasteiger partial charge >= 0.3 is 0 Å². The monoisotopic (exact) mass is 557 g/mol. The molecule has 41 heavy (non-hydrogen) atoms. The van der Waals surface area contributed by atoms with Crippen LogP contribution in [0.1, 0.15) is 50.7 Å². The lowest BCUT2D eigenvalue weighted by atomic mass is 9.99. The van der Waals surface area contributed by atoms with E-state index in [1.165, 1.54) is 5.56 Å². The Kier molecular flexibility index (Phi) is 13.1. The molecule has 0 spiro atoms. The van der Waals surface area contributed by atoms with Crippen LogP contribution in [0.3, 0.4) is 0 Å². The molecule has 3 aromatic rings. The number of aryl methyl sites for hydroxylation is 1. The third kappa shape index (κ3) is 11.6. The van der Waals surface area contributed by atoms with Crippen molar-refractivity contribution in [2.75, 3.05) is 19.7 Å². The number of hydrogen-bond donors (Lipinski definition) is 3. The van der Waals surface area contributed by atoms with Gasteiger partial charge in [0.15, 0.2) is 5.78 Å². The van der Waals surface area contributed by atoms with Gasteiger partial charge in [0.05, 0.1) is 12.6 Å². The van der Waals surface area contributed by atoms with Crippen LogP contribution < -0.4 is 20.7 Å². The molecule has 0 bridgehead atoms. The van der Waals surface area contributed by atoms with E-state index in [1.54, 1.807) is 12.1 Å². The van der Waals surface area contributed by atoms with Gasteiger partial charge in [0.1, 0.15) is 18.4 Å². The molecule has 2 amide bonds. The first-order valence-corrected chi connectivity index (χ1v) is 14.4. The van der Waals surface area contributed by atoms with Gasteiger partial charge in [-0.15, -0.1) is 0 Å². The summed E-state index contributed by atoms with van der Waals surface area (Å²) in [4.78, 5) is 39.5. The van der Waals surface area contributed by atoms with Crippen molar-refractivity contribution in [2.24, 2.45) is 5.92 Å².